The molecule has 1 saturated heterocycles. The molecule has 30 heavy (non-hydrogen) atoms. The maximum Gasteiger partial charge on any atom is 0.410 e. The van der Waals surface area contributed by atoms with E-state index >= 15 is 0 Å². The average molecular weight is 421 g/mol. The summed E-state index contributed by atoms with van der Waals surface area (Å²) in [6.07, 6.45) is 1.12. The van der Waals surface area contributed by atoms with E-state index in [9.17, 15) is 9.59 Å². The Hall–Kier alpha value is -2.32. The second kappa shape index (κ2) is 9.22. The molecule has 2 heterocycles. The van der Waals surface area contributed by atoms with Crippen molar-refractivity contribution in [2.45, 2.75) is 51.2 Å². The predicted molar refractivity (Wildman–Crippen MR) is 109 cm³/mol. The molecule has 8 heteroatoms. The van der Waals surface area contributed by atoms with Crippen LogP contribution in [0.4, 0.5) is 4.79 Å². The fourth-order valence-corrected chi connectivity index (χ4v) is 3.58. The first-order valence-electron chi connectivity index (χ1n) is 10.3. The van der Waals surface area contributed by atoms with Gasteiger partial charge in [-0.05, 0) is 32.9 Å². The van der Waals surface area contributed by atoms with Crippen molar-refractivity contribution in [2.24, 2.45) is 0 Å². The number of Topliss-reactive ketones (excluding diaryl/α,β-unsaturated/α-hetero) is 1. The van der Waals surface area contributed by atoms with Crippen molar-refractivity contribution >= 4 is 11.9 Å². The normalized spacial score (nSPS) is 18.0. The quantitative estimate of drug-likeness (QED) is 0.514. The highest BCUT2D eigenvalue weighted by Crippen LogP contribution is 2.41. The molecular weight excluding hydrogens is 390 g/mol. The van der Waals surface area contributed by atoms with Crippen molar-refractivity contribution in [3.05, 3.63) is 23.8 Å². The molecule has 1 aromatic carbocycles. The number of carbonyl (C=O) groups is 2. The van der Waals surface area contributed by atoms with Gasteiger partial charge in [-0.15, -0.1) is 0 Å². The minimum absolute atomic E-state index is 0.0462. The topological polar surface area (TPSA) is 83.5 Å². The Balaban J connectivity index is 1.61. The molecule has 0 aromatic heterocycles. The van der Waals surface area contributed by atoms with Gasteiger partial charge >= 0.3 is 6.09 Å². The highest BCUT2D eigenvalue weighted by atomic mass is 16.7. The lowest BCUT2D eigenvalue weighted by Crippen LogP contribution is -2.52. The van der Waals surface area contributed by atoms with Crippen LogP contribution >= 0.6 is 0 Å². The van der Waals surface area contributed by atoms with Crippen LogP contribution in [0.2, 0.25) is 0 Å². The number of benzene rings is 1. The highest BCUT2D eigenvalue weighted by Gasteiger charge is 2.44. The summed E-state index contributed by atoms with van der Waals surface area (Å²) in [7, 11) is 1.61. The molecule has 1 spiro atoms. The van der Waals surface area contributed by atoms with Crippen LogP contribution in [0.15, 0.2) is 18.2 Å². The van der Waals surface area contributed by atoms with Gasteiger partial charge in [-0.3, -0.25) is 4.79 Å². The van der Waals surface area contributed by atoms with E-state index in [0.717, 1.165) is 0 Å². The van der Waals surface area contributed by atoms with Crippen molar-refractivity contribution in [2.75, 3.05) is 40.2 Å². The summed E-state index contributed by atoms with van der Waals surface area (Å²) >= 11 is 0. The lowest BCUT2D eigenvalue weighted by Gasteiger charge is -2.44. The molecule has 1 fully saturated rings. The van der Waals surface area contributed by atoms with Gasteiger partial charge in [-0.1, -0.05) is 0 Å². The molecule has 3 rings (SSSR count). The number of fused-ring (bicyclic) bond motifs is 1. The number of carbonyl (C=O) groups excluding carboxylic acids is 2. The molecule has 8 nitrogen and oxygen atoms in total. The molecule has 0 aliphatic carbocycles. The number of hydrogen-bond acceptors (Lipinski definition) is 7. The second-order valence-electron chi connectivity index (χ2n) is 8.67. The van der Waals surface area contributed by atoms with Crippen molar-refractivity contribution in [1.82, 2.24) is 4.90 Å². The molecule has 166 valence electrons. The minimum Gasteiger partial charge on any atom is -0.486 e. The summed E-state index contributed by atoms with van der Waals surface area (Å²) in [4.78, 5) is 26.7. The molecule has 0 bridgehead atoms. The number of amides is 1. The van der Waals surface area contributed by atoms with Crippen molar-refractivity contribution < 1.29 is 33.3 Å². The Morgan fingerprint density at radius 3 is 2.60 bits per heavy atom. The van der Waals surface area contributed by atoms with E-state index in [1.807, 2.05) is 20.8 Å². The molecule has 2 aliphatic rings. The third-order valence-electron chi connectivity index (χ3n) is 5.13. The van der Waals surface area contributed by atoms with Crippen LogP contribution in [0.5, 0.6) is 11.5 Å². The van der Waals surface area contributed by atoms with Crippen molar-refractivity contribution in [3.63, 3.8) is 0 Å². The summed E-state index contributed by atoms with van der Waals surface area (Å²) in [6.45, 7) is 7.53. The van der Waals surface area contributed by atoms with Crippen LogP contribution < -0.4 is 9.47 Å². The van der Waals surface area contributed by atoms with Gasteiger partial charge in [0, 0.05) is 39.1 Å². The van der Waals surface area contributed by atoms with Gasteiger partial charge in [0.15, 0.2) is 12.6 Å². The Morgan fingerprint density at radius 1 is 1.20 bits per heavy atom. The van der Waals surface area contributed by atoms with Gasteiger partial charge in [0.05, 0.1) is 25.2 Å². The van der Waals surface area contributed by atoms with Crippen molar-refractivity contribution in [1.29, 1.82) is 0 Å². The number of rotatable bonds is 6. The van der Waals surface area contributed by atoms with Gasteiger partial charge in [0.2, 0.25) is 0 Å². The molecule has 0 N–H and O–H groups in total. The van der Waals surface area contributed by atoms with E-state index in [1.54, 1.807) is 30.2 Å². The van der Waals surface area contributed by atoms with E-state index < -0.39 is 11.2 Å². The first-order valence-corrected chi connectivity index (χ1v) is 10.3. The summed E-state index contributed by atoms with van der Waals surface area (Å²) in [5, 5.41) is 0. The Labute approximate surface area is 177 Å². The third kappa shape index (κ3) is 5.64. The summed E-state index contributed by atoms with van der Waals surface area (Å²) in [5.74, 6) is 1.14. The molecule has 0 saturated carbocycles. The number of nitrogens with zero attached hydrogens (tertiary/aromatic N) is 1. The smallest absolute Gasteiger partial charge is 0.410 e. The summed E-state index contributed by atoms with van der Waals surface area (Å²) < 4.78 is 27.6. The van der Waals surface area contributed by atoms with Gasteiger partial charge in [0.25, 0.3) is 0 Å². The number of ether oxygens (including phenoxy) is 5. The molecule has 0 atom stereocenters. The second-order valence-corrected chi connectivity index (χ2v) is 8.67. The average Bonchev–Trinajstić information content (AvgIpc) is 2.66. The number of hydrogen-bond donors (Lipinski definition) is 0. The van der Waals surface area contributed by atoms with E-state index in [2.05, 4.69) is 0 Å². The maximum absolute atomic E-state index is 12.7. The third-order valence-corrected chi connectivity index (χ3v) is 5.13. The zero-order chi connectivity index (χ0) is 21.8. The number of methoxy groups -OCH3 is 1. The van der Waals surface area contributed by atoms with Gasteiger partial charge in [0.1, 0.15) is 22.7 Å². The number of ketones is 1. The molecule has 0 radical (unpaired) electrons. The fraction of sp³-hybridized carbons (Fsp3) is 0.636. The van der Waals surface area contributed by atoms with E-state index in [0.29, 0.717) is 62.6 Å². The highest BCUT2D eigenvalue weighted by molar-refractivity contribution is 6.00. The standard InChI is InChI=1S/C22H31NO7/c1-21(2,3)30-20(25)23-9-7-22(8-10-23)14-18(24)17-6-5-16(13-19(17)29-22)28-15-27-12-11-26-4/h5-6,13H,7-12,14-15H2,1-4H3. The lowest BCUT2D eigenvalue weighted by atomic mass is 9.82. The predicted octanol–water partition coefficient (Wildman–Crippen LogP) is 3.42. The van der Waals surface area contributed by atoms with Gasteiger partial charge < -0.3 is 28.6 Å². The van der Waals surface area contributed by atoms with Crippen LogP contribution in [0.3, 0.4) is 0 Å². The summed E-state index contributed by atoms with van der Waals surface area (Å²) in [6, 6.07) is 5.20. The van der Waals surface area contributed by atoms with E-state index in [1.165, 1.54) is 0 Å². The Morgan fingerprint density at radius 2 is 1.93 bits per heavy atom. The minimum atomic E-state index is -0.601. The van der Waals surface area contributed by atoms with Gasteiger partial charge in [-0.2, -0.15) is 0 Å². The first-order chi connectivity index (χ1) is 14.2. The molecular formula is C22H31NO7. The fourth-order valence-electron chi connectivity index (χ4n) is 3.58. The van der Waals surface area contributed by atoms with Crippen LogP contribution in [0.1, 0.15) is 50.4 Å². The number of piperidine rings is 1. The molecule has 2 aliphatic heterocycles. The maximum atomic E-state index is 12.7. The molecule has 1 aromatic rings. The van der Waals surface area contributed by atoms with Crippen LogP contribution in [0, 0.1) is 0 Å². The largest absolute Gasteiger partial charge is 0.486 e. The summed E-state index contributed by atoms with van der Waals surface area (Å²) in [5.41, 5.74) is -0.578. The molecule has 0 unspecified atom stereocenters. The van der Waals surface area contributed by atoms with Crippen LogP contribution in [0.25, 0.3) is 0 Å². The first kappa shape index (κ1) is 22.4. The van der Waals surface area contributed by atoms with E-state index in [-0.39, 0.29) is 18.7 Å². The zero-order valence-electron chi connectivity index (χ0n) is 18.2. The van der Waals surface area contributed by atoms with Gasteiger partial charge in [-0.25, -0.2) is 4.79 Å². The van der Waals surface area contributed by atoms with Crippen LogP contribution in [-0.2, 0) is 14.2 Å². The monoisotopic (exact) mass is 421 g/mol. The zero-order valence-corrected chi connectivity index (χ0v) is 18.2. The Kier molecular flexibility index (Phi) is 6.88. The lowest BCUT2D eigenvalue weighted by molar-refractivity contribution is -0.0232. The van der Waals surface area contributed by atoms with E-state index in [4.69, 9.17) is 23.7 Å². The van der Waals surface area contributed by atoms with Crippen LogP contribution in [-0.4, -0.2) is 68.2 Å². The van der Waals surface area contributed by atoms with Crippen molar-refractivity contribution in [3.8, 4) is 11.5 Å². The Bertz CT molecular complexity index is 763. The SMILES string of the molecule is COCCOCOc1ccc2c(c1)OC1(CCN(C(=O)OC(C)(C)C)CC1)CC2=O. The molecule has 1 amide bonds. The number of likely N-dealkylation sites (tertiary alicyclic amines) is 1.